The molecule has 1 aliphatic heterocycles. The number of anilines is 1. The molecule has 6 heteroatoms. The van der Waals surface area contributed by atoms with Crippen LogP contribution in [0.4, 0.5) is 5.82 Å². The normalized spacial score (nSPS) is 17.7. The van der Waals surface area contributed by atoms with Crippen LogP contribution in [0.25, 0.3) is 11.2 Å². The quantitative estimate of drug-likeness (QED) is 0.436. The van der Waals surface area contributed by atoms with Gasteiger partial charge in [0.1, 0.15) is 11.3 Å². The van der Waals surface area contributed by atoms with Crippen LogP contribution >= 0.6 is 0 Å². The molecule has 2 aromatic carbocycles. The first-order valence-corrected chi connectivity index (χ1v) is 11.5. The van der Waals surface area contributed by atoms with Gasteiger partial charge in [-0.3, -0.25) is 0 Å². The predicted molar refractivity (Wildman–Crippen MR) is 128 cm³/mol. The second-order valence-corrected chi connectivity index (χ2v) is 8.88. The molecule has 5 rings (SSSR count). The Balaban J connectivity index is 1.26. The van der Waals surface area contributed by atoms with E-state index in [0.717, 1.165) is 36.4 Å². The third kappa shape index (κ3) is 4.65. The average Bonchev–Trinajstić information content (AvgIpc) is 3.47. The van der Waals surface area contributed by atoms with E-state index in [4.69, 9.17) is 5.73 Å². The molecule has 1 fully saturated rings. The Morgan fingerprint density at radius 2 is 1.81 bits per heavy atom. The highest BCUT2D eigenvalue weighted by Gasteiger charge is 2.24. The highest BCUT2D eigenvalue weighted by molar-refractivity contribution is 5.77. The fraction of sp³-hybridized carbons (Fsp3) is 0.346. The lowest BCUT2D eigenvalue weighted by atomic mass is 9.87. The van der Waals surface area contributed by atoms with E-state index >= 15 is 0 Å². The number of nitrogens with one attached hydrogen (secondary N) is 1. The van der Waals surface area contributed by atoms with E-state index in [0.29, 0.717) is 11.5 Å². The minimum atomic E-state index is 0.219. The van der Waals surface area contributed by atoms with E-state index in [1.165, 1.54) is 37.1 Å². The second-order valence-electron chi connectivity index (χ2n) is 8.88. The van der Waals surface area contributed by atoms with E-state index in [2.05, 4.69) is 86.0 Å². The van der Waals surface area contributed by atoms with Gasteiger partial charge in [0.2, 0.25) is 5.65 Å². The Kier molecular flexibility index (Phi) is 6.12. The summed E-state index contributed by atoms with van der Waals surface area (Å²) in [5.41, 5.74) is 11.4. The third-order valence-electron chi connectivity index (χ3n) is 6.62. The standard InChI is InChI=1S/C26H30N6/c27-24-17-23(25-26(28-24)30-31-29-25)22(21-10-5-2-6-11-21)12-7-14-32-15-13-20(18-32)16-19-8-3-1-4-9-19/h1-6,8-11,17,20,22H,7,12-16,18H2,(H3,27,28,29,30,31). The van der Waals surface area contributed by atoms with Crippen LogP contribution in [0, 0.1) is 5.92 Å². The Morgan fingerprint density at radius 3 is 2.62 bits per heavy atom. The van der Waals surface area contributed by atoms with Gasteiger partial charge in [0.15, 0.2) is 0 Å². The van der Waals surface area contributed by atoms with E-state index in [-0.39, 0.29) is 5.92 Å². The van der Waals surface area contributed by atoms with Crippen molar-refractivity contribution in [3.05, 3.63) is 83.4 Å². The lowest BCUT2D eigenvalue weighted by Crippen LogP contribution is -2.23. The third-order valence-corrected chi connectivity index (χ3v) is 6.62. The molecule has 4 aromatic rings. The minimum Gasteiger partial charge on any atom is -0.384 e. The fourth-order valence-corrected chi connectivity index (χ4v) is 5.08. The van der Waals surface area contributed by atoms with Gasteiger partial charge in [0.25, 0.3) is 0 Å². The molecule has 1 aliphatic rings. The van der Waals surface area contributed by atoms with E-state index in [1.54, 1.807) is 0 Å². The van der Waals surface area contributed by atoms with Crippen LogP contribution < -0.4 is 5.73 Å². The van der Waals surface area contributed by atoms with Crippen molar-refractivity contribution < 1.29 is 0 Å². The number of rotatable bonds is 8. The molecule has 0 aliphatic carbocycles. The van der Waals surface area contributed by atoms with Gasteiger partial charge in [-0.25, -0.2) is 4.98 Å². The lowest BCUT2D eigenvalue weighted by Gasteiger charge is -2.21. The van der Waals surface area contributed by atoms with E-state index < -0.39 is 0 Å². The van der Waals surface area contributed by atoms with Gasteiger partial charge < -0.3 is 10.6 Å². The van der Waals surface area contributed by atoms with Crippen molar-refractivity contribution in [2.45, 2.75) is 31.6 Å². The summed E-state index contributed by atoms with van der Waals surface area (Å²) < 4.78 is 0. The summed E-state index contributed by atoms with van der Waals surface area (Å²) >= 11 is 0. The van der Waals surface area contributed by atoms with Crippen LogP contribution in [-0.2, 0) is 6.42 Å². The number of aromatic amines is 1. The number of hydrogen-bond acceptors (Lipinski definition) is 5. The van der Waals surface area contributed by atoms with Crippen LogP contribution in [0.2, 0.25) is 0 Å². The largest absolute Gasteiger partial charge is 0.384 e. The molecule has 1 saturated heterocycles. The zero-order valence-electron chi connectivity index (χ0n) is 18.3. The molecule has 2 atom stereocenters. The van der Waals surface area contributed by atoms with Gasteiger partial charge in [-0.15, -0.1) is 5.10 Å². The molecule has 2 aromatic heterocycles. The van der Waals surface area contributed by atoms with Crippen molar-refractivity contribution in [1.82, 2.24) is 25.3 Å². The van der Waals surface area contributed by atoms with Crippen molar-refractivity contribution in [3.8, 4) is 0 Å². The number of nitrogen functional groups attached to an aromatic ring is 1. The SMILES string of the molecule is Nc1cc(C(CCCN2CCC(Cc3ccccc3)C2)c2ccccc2)c2n[nH]nc2n1. The molecule has 0 bridgehead atoms. The molecule has 3 heterocycles. The van der Waals surface area contributed by atoms with Crippen molar-refractivity contribution >= 4 is 17.0 Å². The van der Waals surface area contributed by atoms with Gasteiger partial charge in [0.05, 0.1) is 0 Å². The van der Waals surface area contributed by atoms with Gasteiger partial charge >= 0.3 is 0 Å². The maximum Gasteiger partial charge on any atom is 0.203 e. The first kappa shape index (κ1) is 20.6. The molecule has 0 amide bonds. The summed E-state index contributed by atoms with van der Waals surface area (Å²) in [5.74, 6) is 1.47. The summed E-state index contributed by atoms with van der Waals surface area (Å²) in [5, 5.41) is 11.3. The topological polar surface area (TPSA) is 83.7 Å². The van der Waals surface area contributed by atoms with Crippen molar-refractivity contribution in [2.75, 3.05) is 25.4 Å². The molecule has 2 unspecified atom stereocenters. The number of likely N-dealkylation sites (tertiary alicyclic amines) is 1. The maximum atomic E-state index is 6.11. The molecule has 0 radical (unpaired) electrons. The summed E-state index contributed by atoms with van der Waals surface area (Å²) in [6.07, 6.45) is 4.64. The molecular weight excluding hydrogens is 396 g/mol. The van der Waals surface area contributed by atoms with Crippen molar-refractivity contribution in [2.24, 2.45) is 5.92 Å². The van der Waals surface area contributed by atoms with Gasteiger partial charge in [-0.05, 0) is 67.4 Å². The Bertz CT molecular complexity index is 1140. The Hall–Kier alpha value is -3.25. The number of fused-ring (bicyclic) bond motifs is 1. The number of pyridine rings is 1. The van der Waals surface area contributed by atoms with Gasteiger partial charge in [-0.2, -0.15) is 10.3 Å². The second kappa shape index (κ2) is 9.49. The van der Waals surface area contributed by atoms with Gasteiger partial charge in [-0.1, -0.05) is 60.7 Å². The first-order valence-electron chi connectivity index (χ1n) is 11.5. The van der Waals surface area contributed by atoms with E-state index in [9.17, 15) is 0 Å². The molecular formula is C26H30N6. The molecule has 32 heavy (non-hydrogen) atoms. The number of H-pyrrole nitrogens is 1. The average molecular weight is 427 g/mol. The summed E-state index contributed by atoms with van der Waals surface area (Å²) in [6.45, 7) is 3.51. The number of nitrogens with zero attached hydrogens (tertiary/aromatic N) is 4. The monoisotopic (exact) mass is 426 g/mol. The van der Waals surface area contributed by atoms with Crippen LogP contribution in [0.5, 0.6) is 0 Å². The van der Waals surface area contributed by atoms with Crippen molar-refractivity contribution in [3.63, 3.8) is 0 Å². The number of aromatic nitrogens is 4. The van der Waals surface area contributed by atoms with Crippen molar-refractivity contribution in [1.29, 1.82) is 0 Å². The number of hydrogen-bond donors (Lipinski definition) is 2. The zero-order valence-corrected chi connectivity index (χ0v) is 18.3. The van der Waals surface area contributed by atoms with Crippen LogP contribution in [0.1, 0.15) is 41.9 Å². The number of nitrogens with two attached hydrogens (primary N) is 1. The molecule has 3 N–H and O–H groups in total. The summed E-state index contributed by atoms with van der Waals surface area (Å²) in [7, 11) is 0. The lowest BCUT2D eigenvalue weighted by molar-refractivity contribution is 0.314. The smallest absolute Gasteiger partial charge is 0.203 e. The molecule has 0 spiro atoms. The predicted octanol–water partition coefficient (Wildman–Crippen LogP) is 4.41. The molecule has 164 valence electrons. The summed E-state index contributed by atoms with van der Waals surface area (Å²) in [6, 6.07) is 23.5. The van der Waals surface area contributed by atoms with Gasteiger partial charge in [0, 0.05) is 12.5 Å². The summed E-state index contributed by atoms with van der Waals surface area (Å²) in [4.78, 5) is 6.95. The highest BCUT2D eigenvalue weighted by atomic mass is 15.3. The zero-order chi connectivity index (χ0) is 21.8. The van der Waals surface area contributed by atoms with Crippen LogP contribution in [0.15, 0.2) is 66.7 Å². The van der Waals surface area contributed by atoms with Crippen LogP contribution in [0.3, 0.4) is 0 Å². The Labute approximate surface area is 188 Å². The maximum absolute atomic E-state index is 6.11. The first-order chi connectivity index (χ1) is 15.8. The van der Waals surface area contributed by atoms with Crippen LogP contribution in [-0.4, -0.2) is 44.9 Å². The number of benzene rings is 2. The highest BCUT2D eigenvalue weighted by Crippen LogP contribution is 2.34. The van der Waals surface area contributed by atoms with E-state index in [1.807, 2.05) is 6.07 Å². The molecule has 0 saturated carbocycles. The minimum absolute atomic E-state index is 0.219. The Morgan fingerprint density at radius 1 is 1.03 bits per heavy atom. The fourth-order valence-electron chi connectivity index (χ4n) is 5.08. The molecule has 6 nitrogen and oxygen atoms in total.